The third-order valence-electron chi connectivity index (χ3n) is 5.43. The number of fused-ring (bicyclic) bond motifs is 2. The number of carbonyl (C=O) groups excluding carboxylic acids is 1. The number of benzene rings is 4. The molecule has 0 saturated heterocycles. The van der Waals surface area contributed by atoms with Gasteiger partial charge < -0.3 is 0 Å². The first-order valence-corrected chi connectivity index (χ1v) is 12.7. The number of nitrogens with one attached hydrogen (secondary N) is 1. The molecule has 0 unspecified atom stereocenters. The fourth-order valence-electron chi connectivity index (χ4n) is 3.81. The van der Waals surface area contributed by atoms with Crippen molar-refractivity contribution in [3.63, 3.8) is 0 Å². The summed E-state index contributed by atoms with van der Waals surface area (Å²) in [5, 5.41) is 7.14. The highest BCUT2D eigenvalue weighted by Crippen LogP contribution is 2.37. The van der Waals surface area contributed by atoms with Gasteiger partial charge in [-0.1, -0.05) is 60.1 Å². The van der Waals surface area contributed by atoms with Gasteiger partial charge in [-0.05, 0) is 45.8 Å². The summed E-state index contributed by atoms with van der Waals surface area (Å²) in [7, 11) is -4.11. The van der Waals surface area contributed by atoms with Crippen LogP contribution < -0.4 is 9.73 Å². The van der Waals surface area contributed by atoms with Crippen molar-refractivity contribution in [3.8, 4) is 0 Å². The molecule has 0 spiro atoms. The molecule has 186 valence electrons. The maximum absolute atomic E-state index is 13.3. The summed E-state index contributed by atoms with van der Waals surface area (Å²) in [5.41, 5.74) is 1.45. The third-order valence-corrected chi connectivity index (χ3v) is 6.90. The van der Waals surface area contributed by atoms with E-state index in [0.717, 1.165) is 45.5 Å². The van der Waals surface area contributed by atoms with E-state index in [1.165, 1.54) is 6.21 Å². The topological polar surface area (TPSA) is 78.8 Å². The molecule has 0 atom stereocenters. The van der Waals surface area contributed by atoms with Gasteiger partial charge >= 0.3 is 6.18 Å². The van der Waals surface area contributed by atoms with Crippen molar-refractivity contribution >= 4 is 61.0 Å². The second-order valence-corrected chi connectivity index (χ2v) is 10.3. The molecule has 0 bridgehead atoms. The first-order chi connectivity index (χ1) is 16.9. The van der Waals surface area contributed by atoms with Crippen molar-refractivity contribution in [1.29, 1.82) is 0 Å². The van der Waals surface area contributed by atoms with Gasteiger partial charge in [-0.3, -0.25) is 9.10 Å². The summed E-state index contributed by atoms with van der Waals surface area (Å²) >= 11 is 5.63. The molecule has 1 N–H and O–H groups in total. The fraction of sp³-hybridized carbons (Fsp3) is 0.120. The normalized spacial score (nSPS) is 12.4. The lowest BCUT2D eigenvalue weighted by molar-refractivity contribution is -0.137. The molecule has 0 fully saturated rings. The van der Waals surface area contributed by atoms with E-state index in [2.05, 4.69) is 10.5 Å². The lowest BCUT2D eigenvalue weighted by Crippen LogP contribution is -2.39. The lowest BCUT2D eigenvalue weighted by Gasteiger charge is -2.22. The predicted molar refractivity (Wildman–Crippen MR) is 136 cm³/mol. The molecule has 4 aromatic rings. The molecule has 0 heterocycles. The summed E-state index contributed by atoms with van der Waals surface area (Å²) in [6, 6.07) is 19.9. The number of sulfonamides is 1. The molecule has 4 aromatic carbocycles. The van der Waals surface area contributed by atoms with Crippen molar-refractivity contribution < 1.29 is 26.4 Å². The van der Waals surface area contributed by atoms with Crippen LogP contribution in [0, 0.1) is 0 Å². The van der Waals surface area contributed by atoms with E-state index in [0.29, 0.717) is 10.4 Å². The minimum atomic E-state index is -4.80. The molecule has 4 rings (SSSR count). The van der Waals surface area contributed by atoms with Crippen LogP contribution >= 0.6 is 11.6 Å². The number of hydrogen-bond donors (Lipinski definition) is 1. The second kappa shape index (κ2) is 9.79. The minimum Gasteiger partial charge on any atom is -0.271 e. The average Bonchev–Trinajstić information content (AvgIpc) is 2.81. The van der Waals surface area contributed by atoms with Gasteiger partial charge in [0.1, 0.15) is 6.54 Å². The molecule has 11 heteroatoms. The van der Waals surface area contributed by atoms with Crippen molar-refractivity contribution in [3.05, 3.63) is 88.9 Å². The summed E-state index contributed by atoms with van der Waals surface area (Å²) in [6.45, 7) is -0.786. The summed E-state index contributed by atoms with van der Waals surface area (Å²) < 4.78 is 64.9. The van der Waals surface area contributed by atoms with Crippen LogP contribution in [0.3, 0.4) is 0 Å². The van der Waals surface area contributed by atoms with Gasteiger partial charge in [0, 0.05) is 5.56 Å². The molecular weight excluding hydrogens is 515 g/mol. The van der Waals surface area contributed by atoms with Gasteiger partial charge in [0.25, 0.3) is 5.91 Å². The van der Waals surface area contributed by atoms with Crippen LogP contribution in [0.25, 0.3) is 21.5 Å². The molecule has 0 radical (unpaired) electrons. The SMILES string of the molecule is CS(=O)(=O)N(CC(=O)N/N=C/c1c2ccccc2cc2ccccc12)c1ccc(Cl)c(C(F)(F)F)c1. The lowest BCUT2D eigenvalue weighted by atomic mass is 9.97. The van der Waals surface area contributed by atoms with E-state index in [4.69, 9.17) is 11.6 Å². The van der Waals surface area contributed by atoms with E-state index >= 15 is 0 Å². The smallest absolute Gasteiger partial charge is 0.271 e. The maximum atomic E-state index is 13.3. The van der Waals surface area contributed by atoms with E-state index in [9.17, 15) is 26.4 Å². The number of halogens is 4. The van der Waals surface area contributed by atoms with Crippen LogP contribution in [0.2, 0.25) is 5.02 Å². The number of alkyl halides is 3. The number of carbonyl (C=O) groups is 1. The Labute approximate surface area is 210 Å². The van der Waals surface area contributed by atoms with Gasteiger partial charge in [0.05, 0.1) is 28.7 Å². The van der Waals surface area contributed by atoms with Crippen LogP contribution in [0.1, 0.15) is 11.1 Å². The van der Waals surface area contributed by atoms with Crippen molar-refractivity contribution in [2.45, 2.75) is 6.18 Å². The Morgan fingerprint density at radius 3 is 2.14 bits per heavy atom. The van der Waals surface area contributed by atoms with Crippen molar-refractivity contribution in [1.82, 2.24) is 5.43 Å². The van der Waals surface area contributed by atoms with Gasteiger partial charge in [0.15, 0.2) is 0 Å². The molecule has 0 aliphatic rings. The highest BCUT2D eigenvalue weighted by Gasteiger charge is 2.34. The summed E-state index contributed by atoms with van der Waals surface area (Å²) in [6.07, 6.45) is -2.56. The first kappa shape index (κ1) is 25.5. The zero-order valence-corrected chi connectivity index (χ0v) is 20.3. The highest BCUT2D eigenvalue weighted by molar-refractivity contribution is 7.92. The quantitative estimate of drug-likeness (QED) is 0.200. The average molecular weight is 534 g/mol. The van der Waals surface area contributed by atoms with Crippen LogP contribution in [0.4, 0.5) is 18.9 Å². The van der Waals surface area contributed by atoms with E-state index in [1.54, 1.807) is 0 Å². The Bertz CT molecular complexity index is 1550. The molecule has 36 heavy (non-hydrogen) atoms. The minimum absolute atomic E-state index is 0.353. The number of nitrogens with zero attached hydrogens (tertiary/aromatic N) is 2. The van der Waals surface area contributed by atoms with Crippen LogP contribution in [0.5, 0.6) is 0 Å². The predicted octanol–water partition coefficient (Wildman–Crippen LogP) is 5.58. The van der Waals surface area contributed by atoms with Crippen LogP contribution in [0.15, 0.2) is 77.9 Å². The molecule has 0 aliphatic carbocycles. The number of hydrogen-bond acceptors (Lipinski definition) is 4. The van der Waals surface area contributed by atoms with Crippen LogP contribution in [-0.4, -0.2) is 33.3 Å². The van der Waals surface area contributed by atoms with E-state index in [1.807, 2.05) is 54.6 Å². The Hall–Kier alpha value is -3.63. The molecule has 0 saturated carbocycles. The Morgan fingerprint density at radius 1 is 1.00 bits per heavy atom. The van der Waals surface area contributed by atoms with Gasteiger partial charge in [-0.2, -0.15) is 18.3 Å². The Balaban J connectivity index is 1.61. The molecule has 0 aromatic heterocycles. The van der Waals surface area contributed by atoms with Crippen molar-refractivity contribution in [2.24, 2.45) is 5.10 Å². The second-order valence-electron chi connectivity index (χ2n) is 7.96. The van der Waals surface area contributed by atoms with Crippen molar-refractivity contribution in [2.75, 3.05) is 17.1 Å². The van der Waals surface area contributed by atoms with Gasteiger partial charge in [0.2, 0.25) is 10.0 Å². The monoisotopic (exact) mass is 533 g/mol. The van der Waals surface area contributed by atoms with Crippen LogP contribution in [-0.2, 0) is 21.0 Å². The third kappa shape index (κ3) is 5.44. The summed E-state index contributed by atoms with van der Waals surface area (Å²) in [5.74, 6) is -0.843. The number of rotatable bonds is 6. The largest absolute Gasteiger partial charge is 0.417 e. The Morgan fingerprint density at radius 2 is 1.58 bits per heavy atom. The number of hydrazone groups is 1. The standard InChI is InChI=1S/C25H19ClF3N3O3S/c1-36(34,35)32(18-10-11-23(26)22(13-18)25(27,28)29)15-24(33)31-30-14-21-19-8-4-2-6-16(19)12-17-7-3-5-9-20(17)21/h2-14H,15H2,1H3,(H,31,33)/b30-14+. The highest BCUT2D eigenvalue weighted by atomic mass is 35.5. The van der Waals surface area contributed by atoms with Gasteiger partial charge in [-0.15, -0.1) is 0 Å². The zero-order chi connectivity index (χ0) is 26.1. The molecule has 1 amide bonds. The summed E-state index contributed by atoms with van der Waals surface area (Å²) in [4.78, 5) is 12.6. The van der Waals surface area contributed by atoms with E-state index < -0.39 is 39.2 Å². The molecule has 6 nitrogen and oxygen atoms in total. The van der Waals surface area contributed by atoms with E-state index in [-0.39, 0.29) is 5.69 Å². The van der Waals surface area contributed by atoms with Gasteiger partial charge in [-0.25, -0.2) is 13.8 Å². The number of amides is 1. The molecular formula is C25H19ClF3N3O3S. The molecule has 0 aliphatic heterocycles. The Kier molecular flexibility index (Phi) is 6.92. The maximum Gasteiger partial charge on any atom is 0.417 e. The number of anilines is 1. The fourth-order valence-corrected chi connectivity index (χ4v) is 4.88. The zero-order valence-electron chi connectivity index (χ0n) is 18.8. The first-order valence-electron chi connectivity index (χ1n) is 10.5.